The van der Waals surface area contributed by atoms with Gasteiger partial charge in [0.1, 0.15) is 0 Å². The van der Waals surface area contributed by atoms with E-state index in [9.17, 15) is 4.79 Å². The number of nitrogens with zero attached hydrogens (tertiary/aromatic N) is 2. The van der Waals surface area contributed by atoms with Gasteiger partial charge in [0, 0.05) is 19.6 Å². The minimum Gasteiger partial charge on any atom is -0.378 e. The van der Waals surface area contributed by atoms with Crippen LogP contribution in [-0.2, 0) is 11.2 Å². The summed E-state index contributed by atoms with van der Waals surface area (Å²) in [6.45, 7) is 5.67. The lowest BCUT2D eigenvalue weighted by molar-refractivity contribution is 0.0390. The van der Waals surface area contributed by atoms with Crippen molar-refractivity contribution in [3.63, 3.8) is 0 Å². The highest BCUT2D eigenvalue weighted by atomic mass is 16.5. The second-order valence-corrected chi connectivity index (χ2v) is 5.20. The number of rotatable bonds is 0. The van der Waals surface area contributed by atoms with Gasteiger partial charge in [-0.05, 0) is 24.5 Å². The van der Waals surface area contributed by atoms with Crippen molar-refractivity contribution < 1.29 is 9.53 Å². The molecule has 4 nitrogen and oxygen atoms in total. The van der Waals surface area contributed by atoms with Gasteiger partial charge in [0.25, 0.3) is 0 Å². The lowest BCUT2D eigenvalue weighted by Gasteiger charge is -2.39. The minimum atomic E-state index is 0.158. The van der Waals surface area contributed by atoms with Gasteiger partial charge >= 0.3 is 6.03 Å². The molecule has 2 aliphatic heterocycles. The van der Waals surface area contributed by atoms with Crippen molar-refractivity contribution in [2.24, 2.45) is 0 Å². The molecule has 2 heterocycles. The summed E-state index contributed by atoms with van der Waals surface area (Å²) < 4.78 is 5.31. The Labute approximate surface area is 113 Å². The van der Waals surface area contributed by atoms with Crippen molar-refractivity contribution in [2.45, 2.75) is 19.4 Å². The third-order valence-corrected chi connectivity index (χ3v) is 4.12. The molecule has 1 fully saturated rings. The van der Waals surface area contributed by atoms with Crippen LogP contribution < -0.4 is 0 Å². The first-order valence-corrected chi connectivity index (χ1v) is 6.98. The molecule has 0 spiro atoms. The van der Waals surface area contributed by atoms with Crippen LogP contribution >= 0.6 is 0 Å². The zero-order valence-corrected chi connectivity index (χ0v) is 11.3. The van der Waals surface area contributed by atoms with Crippen molar-refractivity contribution in [1.82, 2.24) is 9.80 Å². The summed E-state index contributed by atoms with van der Waals surface area (Å²) in [5, 5.41) is 0. The fraction of sp³-hybridized carbons (Fsp3) is 0.533. The monoisotopic (exact) mass is 260 g/mol. The summed E-state index contributed by atoms with van der Waals surface area (Å²) >= 11 is 0. The lowest BCUT2D eigenvalue weighted by Crippen LogP contribution is -2.50. The highest BCUT2D eigenvalue weighted by Crippen LogP contribution is 2.29. The first-order valence-electron chi connectivity index (χ1n) is 6.98. The van der Waals surface area contributed by atoms with Crippen molar-refractivity contribution in [1.29, 1.82) is 0 Å². The first-order chi connectivity index (χ1) is 9.27. The van der Waals surface area contributed by atoms with Crippen molar-refractivity contribution >= 4 is 6.03 Å². The van der Waals surface area contributed by atoms with Gasteiger partial charge in [-0.15, -0.1) is 0 Å². The van der Waals surface area contributed by atoms with E-state index in [0.29, 0.717) is 26.3 Å². The number of urea groups is 1. The molecule has 0 aromatic heterocycles. The minimum absolute atomic E-state index is 0.158. The van der Waals surface area contributed by atoms with Gasteiger partial charge in [-0.1, -0.05) is 24.3 Å². The number of benzene rings is 1. The molecule has 0 bridgehead atoms. The summed E-state index contributed by atoms with van der Waals surface area (Å²) in [7, 11) is 0. The van der Waals surface area contributed by atoms with Gasteiger partial charge in [0.05, 0.1) is 19.3 Å². The van der Waals surface area contributed by atoms with E-state index in [-0.39, 0.29) is 12.1 Å². The molecule has 1 aromatic carbocycles. The number of hydrogen-bond donors (Lipinski definition) is 0. The molecule has 0 saturated carbocycles. The molecular formula is C15H20N2O2. The maximum atomic E-state index is 12.6. The Hall–Kier alpha value is -1.55. The number of ether oxygens (including phenoxy) is 1. The van der Waals surface area contributed by atoms with E-state index in [2.05, 4.69) is 31.2 Å². The number of amides is 2. The second kappa shape index (κ2) is 5.21. The molecule has 4 heteroatoms. The number of carbonyl (C=O) groups is 1. The van der Waals surface area contributed by atoms with Crippen LogP contribution in [0, 0.1) is 0 Å². The fourth-order valence-corrected chi connectivity index (χ4v) is 2.97. The Bertz CT molecular complexity index is 469. The van der Waals surface area contributed by atoms with Crippen LogP contribution in [-0.4, -0.2) is 48.7 Å². The van der Waals surface area contributed by atoms with Crippen LogP contribution in [0.2, 0.25) is 0 Å². The largest absolute Gasteiger partial charge is 0.378 e. The molecule has 2 aliphatic rings. The molecule has 2 amide bonds. The highest BCUT2D eigenvalue weighted by Gasteiger charge is 2.30. The average molecular weight is 260 g/mol. The van der Waals surface area contributed by atoms with Crippen LogP contribution in [0.5, 0.6) is 0 Å². The number of morpholine rings is 1. The summed E-state index contributed by atoms with van der Waals surface area (Å²) in [5.74, 6) is 0. The maximum absolute atomic E-state index is 12.6. The molecule has 3 rings (SSSR count). The van der Waals surface area contributed by atoms with Gasteiger partial charge in [0.15, 0.2) is 0 Å². The Morgan fingerprint density at radius 2 is 1.95 bits per heavy atom. The average Bonchev–Trinajstić information content (AvgIpc) is 2.48. The molecular weight excluding hydrogens is 240 g/mol. The van der Waals surface area contributed by atoms with Gasteiger partial charge < -0.3 is 14.5 Å². The number of hydrogen-bond acceptors (Lipinski definition) is 2. The first kappa shape index (κ1) is 12.5. The van der Waals surface area contributed by atoms with E-state index in [0.717, 1.165) is 13.0 Å². The van der Waals surface area contributed by atoms with E-state index in [1.165, 1.54) is 11.1 Å². The number of fused-ring (bicyclic) bond motifs is 1. The van der Waals surface area contributed by atoms with E-state index >= 15 is 0 Å². The van der Waals surface area contributed by atoms with Crippen LogP contribution in [0.3, 0.4) is 0 Å². The van der Waals surface area contributed by atoms with Gasteiger partial charge in [-0.3, -0.25) is 0 Å². The Kier molecular flexibility index (Phi) is 3.42. The molecule has 1 atom stereocenters. The van der Waals surface area contributed by atoms with E-state index < -0.39 is 0 Å². The van der Waals surface area contributed by atoms with Crippen LogP contribution in [0.1, 0.15) is 24.1 Å². The molecule has 0 aliphatic carbocycles. The predicted molar refractivity (Wildman–Crippen MR) is 73.1 cm³/mol. The van der Waals surface area contributed by atoms with Crippen molar-refractivity contribution in [2.75, 3.05) is 32.8 Å². The fourth-order valence-electron chi connectivity index (χ4n) is 2.97. The maximum Gasteiger partial charge on any atom is 0.320 e. The zero-order chi connectivity index (χ0) is 13.2. The molecule has 1 saturated heterocycles. The molecule has 0 radical (unpaired) electrons. The molecule has 1 unspecified atom stereocenters. The van der Waals surface area contributed by atoms with Crippen molar-refractivity contribution in [3.05, 3.63) is 35.4 Å². The van der Waals surface area contributed by atoms with Gasteiger partial charge in [0.2, 0.25) is 0 Å². The molecule has 0 N–H and O–H groups in total. The quantitative estimate of drug-likeness (QED) is 0.715. The normalized spacial score (nSPS) is 23.1. The highest BCUT2D eigenvalue weighted by molar-refractivity contribution is 5.75. The summed E-state index contributed by atoms with van der Waals surface area (Å²) in [4.78, 5) is 16.5. The summed E-state index contributed by atoms with van der Waals surface area (Å²) in [6.07, 6.45) is 0.955. The van der Waals surface area contributed by atoms with Crippen molar-refractivity contribution in [3.8, 4) is 0 Å². The molecule has 1 aromatic rings. The van der Waals surface area contributed by atoms with Crippen LogP contribution in [0.25, 0.3) is 0 Å². The predicted octanol–water partition coefficient (Wildman–Crippen LogP) is 2.06. The smallest absolute Gasteiger partial charge is 0.320 e. The van der Waals surface area contributed by atoms with E-state index in [4.69, 9.17) is 4.74 Å². The van der Waals surface area contributed by atoms with Crippen LogP contribution in [0.4, 0.5) is 4.79 Å². The third-order valence-electron chi connectivity index (χ3n) is 4.12. The van der Waals surface area contributed by atoms with E-state index in [1.54, 1.807) is 0 Å². The standard InChI is InChI=1S/C15H20N2O2/c1-12-14-5-3-2-4-13(14)6-7-17(12)15(18)16-8-10-19-11-9-16/h2-5,12H,6-11H2,1H3. The lowest BCUT2D eigenvalue weighted by atomic mass is 9.94. The van der Waals surface area contributed by atoms with E-state index in [1.807, 2.05) is 9.80 Å². The topological polar surface area (TPSA) is 32.8 Å². The summed E-state index contributed by atoms with van der Waals surface area (Å²) in [6, 6.07) is 8.76. The Morgan fingerprint density at radius 3 is 2.74 bits per heavy atom. The zero-order valence-electron chi connectivity index (χ0n) is 11.3. The Morgan fingerprint density at radius 1 is 1.21 bits per heavy atom. The molecule has 19 heavy (non-hydrogen) atoms. The molecule has 102 valence electrons. The second-order valence-electron chi connectivity index (χ2n) is 5.20. The Balaban J connectivity index is 1.77. The van der Waals surface area contributed by atoms with Gasteiger partial charge in [-0.2, -0.15) is 0 Å². The van der Waals surface area contributed by atoms with Gasteiger partial charge in [-0.25, -0.2) is 4.79 Å². The SMILES string of the molecule is CC1c2ccccc2CCN1C(=O)N1CCOCC1. The number of carbonyl (C=O) groups excluding carboxylic acids is 1. The third kappa shape index (κ3) is 2.32. The van der Waals surface area contributed by atoms with Crippen LogP contribution in [0.15, 0.2) is 24.3 Å². The summed E-state index contributed by atoms with van der Waals surface area (Å²) in [5.41, 5.74) is 2.66.